The van der Waals surface area contributed by atoms with Crippen molar-refractivity contribution in [2.75, 3.05) is 13.7 Å². The predicted octanol–water partition coefficient (Wildman–Crippen LogP) is 4.04. The van der Waals surface area contributed by atoms with Gasteiger partial charge in [-0.25, -0.2) is 4.98 Å². The van der Waals surface area contributed by atoms with Crippen molar-refractivity contribution in [2.45, 2.75) is 20.0 Å². The van der Waals surface area contributed by atoms with Gasteiger partial charge in [0.25, 0.3) is 0 Å². The second-order valence-electron chi connectivity index (χ2n) is 5.56. The number of methoxy groups -OCH3 is 1. The van der Waals surface area contributed by atoms with Crippen LogP contribution in [-0.2, 0) is 13.1 Å². The Kier molecular flexibility index (Phi) is 5.69. The molecule has 0 radical (unpaired) electrons. The smallest absolute Gasteiger partial charge is 0.226 e. The lowest BCUT2D eigenvalue weighted by Gasteiger charge is -2.04. The van der Waals surface area contributed by atoms with Crippen LogP contribution in [0.4, 0.5) is 0 Å². The fraction of sp³-hybridized carbons (Fsp3) is 0.250. The van der Waals surface area contributed by atoms with Gasteiger partial charge in [-0.3, -0.25) is 0 Å². The van der Waals surface area contributed by atoms with E-state index in [1.807, 2.05) is 55.5 Å². The van der Waals surface area contributed by atoms with Gasteiger partial charge in [0.1, 0.15) is 17.8 Å². The maximum atomic E-state index is 5.59. The minimum Gasteiger partial charge on any atom is -0.497 e. The Morgan fingerprint density at radius 3 is 2.64 bits per heavy atom. The quantitative estimate of drug-likeness (QED) is 0.672. The van der Waals surface area contributed by atoms with E-state index in [0.29, 0.717) is 19.0 Å². The van der Waals surface area contributed by atoms with Crippen LogP contribution in [0, 0.1) is 0 Å². The van der Waals surface area contributed by atoms with E-state index in [-0.39, 0.29) is 0 Å². The first-order chi connectivity index (χ1) is 12.3. The van der Waals surface area contributed by atoms with E-state index in [4.69, 9.17) is 13.9 Å². The summed E-state index contributed by atoms with van der Waals surface area (Å²) in [6, 6.07) is 15.7. The molecule has 1 aromatic heterocycles. The van der Waals surface area contributed by atoms with E-state index in [2.05, 4.69) is 10.3 Å². The molecule has 5 heteroatoms. The second kappa shape index (κ2) is 8.35. The van der Waals surface area contributed by atoms with Gasteiger partial charge in [-0.05, 0) is 42.8 Å². The molecular formula is C20H22N2O3. The standard InChI is InChI=1S/C20H22N2O3/c1-3-24-19-6-4-5-16(11-19)20-22-17(14-25-20)13-21-12-15-7-9-18(23-2)10-8-15/h4-11,14,21H,3,12-13H2,1-2H3. The summed E-state index contributed by atoms with van der Waals surface area (Å²) in [5.41, 5.74) is 2.96. The molecule has 0 saturated carbocycles. The summed E-state index contributed by atoms with van der Waals surface area (Å²) >= 11 is 0. The molecule has 0 saturated heterocycles. The average Bonchev–Trinajstić information content (AvgIpc) is 3.12. The number of hydrogen-bond donors (Lipinski definition) is 1. The fourth-order valence-corrected chi connectivity index (χ4v) is 2.48. The van der Waals surface area contributed by atoms with Gasteiger partial charge in [-0.15, -0.1) is 0 Å². The predicted molar refractivity (Wildman–Crippen MR) is 96.6 cm³/mol. The average molecular weight is 338 g/mol. The second-order valence-corrected chi connectivity index (χ2v) is 5.56. The molecule has 0 aliphatic heterocycles. The van der Waals surface area contributed by atoms with Crippen molar-refractivity contribution in [3.63, 3.8) is 0 Å². The summed E-state index contributed by atoms with van der Waals surface area (Å²) < 4.78 is 16.3. The number of ether oxygens (including phenoxy) is 2. The van der Waals surface area contributed by atoms with E-state index in [0.717, 1.165) is 29.3 Å². The third-order valence-corrected chi connectivity index (χ3v) is 3.74. The van der Waals surface area contributed by atoms with Crippen LogP contribution >= 0.6 is 0 Å². The number of aromatic nitrogens is 1. The maximum absolute atomic E-state index is 5.59. The Morgan fingerprint density at radius 2 is 1.88 bits per heavy atom. The minimum atomic E-state index is 0.600. The van der Waals surface area contributed by atoms with E-state index in [1.54, 1.807) is 13.4 Å². The highest BCUT2D eigenvalue weighted by molar-refractivity contribution is 5.56. The molecular weight excluding hydrogens is 316 g/mol. The van der Waals surface area contributed by atoms with E-state index in [9.17, 15) is 0 Å². The summed E-state index contributed by atoms with van der Waals surface area (Å²) in [5, 5.41) is 3.36. The van der Waals surface area contributed by atoms with Gasteiger partial charge in [0, 0.05) is 18.7 Å². The molecule has 3 rings (SSSR count). The largest absolute Gasteiger partial charge is 0.497 e. The maximum Gasteiger partial charge on any atom is 0.226 e. The van der Waals surface area contributed by atoms with Crippen LogP contribution in [0.1, 0.15) is 18.2 Å². The highest BCUT2D eigenvalue weighted by atomic mass is 16.5. The minimum absolute atomic E-state index is 0.600. The Morgan fingerprint density at radius 1 is 1.04 bits per heavy atom. The van der Waals surface area contributed by atoms with Gasteiger partial charge in [0.05, 0.1) is 19.4 Å². The number of nitrogens with zero attached hydrogens (tertiary/aromatic N) is 1. The van der Waals surface area contributed by atoms with E-state index < -0.39 is 0 Å². The van der Waals surface area contributed by atoms with Gasteiger partial charge in [-0.2, -0.15) is 0 Å². The Balaban J connectivity index is 1.57. The van der Waals surface area contributed by atoms with Gasteiger partial charge in [0.2, 0.25) is 5.89 Å². The monoisotopic (exact) mass is 338 g/mol. The lowest BCUT2D eigenvalue weighted by Crippen LogP contribution is -2.12. The number of nitrogens with one attached hydrogen (secondary N) is 1. The SMILES string of the molecule is CCOc1cccc(-c2nc(CNCc3ccc(OC)cc3)co2)c1. The molecule has 0 aliphatic carbocycles. The van der Waals surface area contributed by atoms with Gasteiger partial charge in [0.15, 0.2) is 0 Å². The van der Waals surface area contributed by atoms with Crippen LogP contribution in [-0.4, -0.2) is 18.7 Å². The third-order valence-electron chi connectivity index (χ3n) is 3.74. The van der Waals surface area contributed by atoms with E-state index in [1.165, 1.54) is 5.56 Å². The van der Waals surface area contributed by atoms with E-state index >= 15 is 0 Å². The van der Waals surface area contributed by atoms with Crippen LogP contribution in [0.25, 0.3) is 11.5 Å². The molecule has 2 aromatic carbocycles. The van der Waals surface area contributed by atoms with Crippen molar-refractivity contribution in [2.24, 2.45) is 0 Å². The lowest BCUT2D eigenvalue weighted by atomic mass is 10.2. The first-order valence-electron chi connectivity index (χ1n) is 8.29. The molecule has 3 aromatic rings. The number of benzene rings is 2. The molecule has 0 amide bonds. The van der Waals surface area contributed by atoms with Crippen molar-refractivity contribution in [3.05, 3.63) is 66.1 Å². The lowest BCUT2D eigenvalue weighted by molar-refractivity contribution is 0.340. The summed E-state index contributed by atoms with van der Waals surface area (Å²) in [6.07, 6.45) is 1.68. The zero-order valence-corrected chi connectivity index (χ0v) is 14.5. The summed E-state index contributed by atoms with van der Waals surface area (Å²) in [4.78, 5) is 4.54. The van der Waals surface area contributed by atoms with Crippen molar-refractivity contribution in [1.82, 2.24) is 10.3 Å². The van der Waals surface area contributed by atoms with Crippen molar-refractivity contribution in [1.29, 1.82) is 0 Å². The zero-order chi connectivity index (χ0) is 17.5. The molecule has 1 N–H and O–H groups in total. The number of oxazole rings is 1. The molecule has 0 fully saturated rings. The van der Waals surface area contributed by atoms with Crippen molar-refractivity contribution in [3.8, 4) is 23.0 Å². The number of hydrogen-bond acceptors (Lipinski definition) is 5. The molecule has 5 nitrogen and oxygen atoms in total. The third kappa shape index (κ3) is 4.61. The van der Waals surface area contributed by atoms with Crippen LogP contribution in [0.3, 0.4) is 0 Å². The molecule has 130 valence electrons. The molecule has 0 spiro atoms. The Labute approximate surface area is 147 Å². The van der Waals surface area contributed by atoms with Gasteiger partial charge >= 0.3 is 0 Å². The molecule has 0 unspecified atom stereocenters. The Bertz CT molecular complexity index is 797. The zero-order valence-electron chi connectivity index (χ0n) is 14.5. The van der Waals surface area contributed by atoms with Gasteiger partial charge in [-0.1, -0.05) is 18.2 Å². The van der Waals surface area contributed by atoms with Crippen LogP contribution < -0.4 is 14.8 Å². The fourth-order valence-electron chi connectivity index (χ4n) is 2.48. The molecule has 0 aliphatic rings. The summed E-state index contributed by atoms with van der Waals surface area (Å²) in [5.74, 6) is 2.28. The van der Waals surface area contributed by atoms with Crippen molar-refractivity contribution >= 4 is 0 Å². The van der Waals surface area contributed by atoms with Crippen molar-refractivity contribution < 1.29 is 13.9 Å². The normalized spacial score (nSPS) is 10.6. The highest BCUT2D eigenvalue weighted by Gasteiger charge is 2.07. The number of rotatable bonds is 8. The van der Waals surface area contributed by atoms with Crippen LogP contribution in [0.5, 0.6) is 11.5 Å². The summed E-state index contributed by atoms with van der Waals surface area (Å²) in [7, 11) is 1.67. The summed E-state index contributed by atoms with van der Waals surface area (Å²) in [6.45, 7) is 3.99. The van der Waals surface area contributed by atoms with Crippen LogP contribution in [0.15, 0.2) is 59.2 Å². The topological polar surface area (TPSA) is 56.5 Å². The first-order valence-corrected chi connectivity index (χ1v) is 8.29. The highest BCUT2D eigenvalue weighted by Crippen LogP contribution is 2.23. The molecule has 0 atom stereocenters. The Hall–Kier alpha value is -2.79. The molecule has 25 heavy (non-hydrogen) atoms. The van der Waals surface area contributed by atoms with Gasteiger partial charge < -0.3 is 19.2 Å². The first kappa shape index (κ1) is 17.0. The van der Waals surface area contributed by atoms with Crippen LogP contribution in [0.2, 0.25) is 0 Å². The molecule has 1 heterocycles. The molecule has 0 bridgehead atoms.